The van der Waals surface area contributed by atoms with E-state index < -0.39 is 5.97 Å². The van der Waals surface area contributed by atoms with Gasteiger partial charge in [-0.3, -0.25) is 4.98 Å². The van der Waals surface area contributed by atoms with Gasteiger partial charge in [0.2, 0.25) is 0 Å². The summed E-state index contributed by atoms with van der Waals surface area (Å²) >= 11 is 5.97. The van der Waals surface area contributed by atoms with Gasteiger partial charge < -0.3 is 9.84 Å². The number of hydrogen-bond acceptors (Lipinski definition) is 4. The maximum Gasteiger partial charge on any atom is 0.337 e. The van der Waals surface area contributed by atoms with Crippen molar-refractivity contribution in [3.05, 3.63) is 58.4 Å². The van der Waals surface area contributed by atoms with Crippen molar-refractivity contribution in [3.8, 4) is 11.8 Å². The molecule has 0 saturated heterocycles. The van der Waals surface area contributed by atoms with Gasteiger partial charge in [0, 0.05) is 6.20 Å². The van der Waals surface area contributed by atoms with E-state index in [1.54, 1.807) is 18.2 Å². The molecular formula is C14H9ClN2O3. The number of hydrogen-bond donors (Lipinski definition) is 1. The first-order chi connectivity index (χ1) is 9.60. The second kappa shape index (κ2) is 6.04. The number of aromatic carboxylic acids is 1. The maximum absolute atomic E-state index is 10.7. The summed E-state index contributed by atoms with van der Waals surface area (Å²) in [5.74, 6) is -0.588. The smallest absolute Gasteiger partial charge is 0.337 e. The maximum atomic E-state index is 10.7. The average molecular weight is 289 g/mol. The van der Waals surface area contributed by atoms with Crippen LogP contribution < -0.4 is 4.74 Å². The van der Waals surface area contributed by atoms with Crippen LogP contribution in [0.5, 0.6) is 5.75 Å². The van der Waals surface area contributed by atoms with Crippen molar-refractivity contribution in [2.24, 2.45) is 0 Å². The Morgan fingerprint density at radius 2 is 2.20 bits per heavy atom. The summed E-state index contributed by atoms with van der Waals surface area (Å²) in [6.07, 6.45) is 1.27. The standard InChI is InChI=1S/C14H9ClN2O3/c15-12-5-9(6-16)1-4-13(12)20-8-11-3-2-10(7-17-11)14(18)19/h1-5,7H,8H2,(H,18,19). The second-order valence-corrected chi connectivity index (χ2v) is 4.30. The van der Waals surface area contributed by atoms with Crippen LogP contribution in [0.4, 0.5) is 0 Å². The number of nitrogens with zero attached hydrogens (tertiary/aromatic N) is 2. The molecule has 2 aromatic rings. The molecule has 0 aliphatic carbocycles. The van der Waals surface area contributed by atoms with E-state index in [2.05, 4.69) is 4.98 Å². The van der Waals surface area contributed by atoms with Gasteiger partial charge in [-0.15, -0.1) is 0 Å². The lowest BCUT2D eigenvalue weighted by Gasteiger charge is -2.07. The summed E-state index contributed by atoms with van der Waals surface area (Å²) in [7, 11) is 0. The van der Waals surface area contributed by atoms with E-state index in [1.807, 2.05) is 6.07 Å². The molecule has 20 heavy (non-hydrogen) atoms. The van der Waals surface area contributed by atoms with Crippen molar-refractivity contribution in [2.45, 2.75) is 6.61 Å². The fraction of sp³-hybridized carbons (Fsp3) is 0.0714. The molecule has 1 aromatic carbocycles. The topological polar surface area (TPSA) is 83.2 Å². The molecule has 0 atom stereocenters. The summed E-state index contributed by atoms with van der Waals surface area (Å²) in [6.45, 7) is 0.158. The minimum atomic E-state index is -1.03. The highest BCUT2D eigenvalue weighted by atomic mass is 35.5. The van der Waals surface area contributed by atoms with Crippen molar-refractivity contribution < 1.29 is 14.6 Å². The zero-order chi connectivity index (χ0) is 14.5. The Hall–Kier alpha value is -2.58. The molecule has 0 unspecified atom stereocenters. The van der Waals surface area contributed by atoms with Crippen molar-refractivity contribution in [2.75, 3.05) is 0 Å². The number of aromatic nitrogens is 1. The van der Waals surface area contributed by atoms with Crippen LogP contribution in [0.1, 0.15) is 21.6 Å². The minimum Gasteiger partial charge on any atom is -0.486 e. The molecule has 0 spiro atoms. The third kappa shape index (κ3) is 3.25. The SMILES string of the molecule is N#Cc1ccc(OCc2ccc(C(=O)O)cn2)c(Cl)c1. The first-order valence-corrected chi connectivity index (χ1v) is 5.98. The van der Waals surface area contributed by atoms with E-state index in [9.17, 15) is 4.79 Å². The van der Waals surface area contributed by atoms with Gasteiger partial charge in [0.05, 0.1) is 27.9 Å². The van der Waals surface area contributed by atoms with Crippen molar-refractivity contribution in [3.63, 3.8) is 0 Å². The molecule has 0 aliphatic heterocycles. The summed E-state index contributed by atoms with van der Waals surface area (Å²) in [5, 5.41) is 17.8. The molecular weight excluding hydrogens is 280 g/mol. The fourth-order valence-electron chi connectivity index (χ4n) is 1.48. The quantitative estimate of drug-likeness (QED) is 0.935. The number of carbonyl (C=O) groups is 1. The monoisotopic (exact) mass is 288 g/mol. The normalized spacial score (nSPS) is 9.80. The molecule has 0 amide bonds. The van der Waals surface area contributed by atoms with Crippen LogP contribution in [0.25, 0.3) is 0 Å². The number of benzene rings is 1. The molecule has 0 aliphatic rings. The number of rotatable bonds is 4. The van der Waals surface area contributed by atoms with Gasteiger partial charge in [0.15, 0.2) is 0 Å². The second-order valence-electron chi connectivity index (χ2n) is 3.89. The van der Waals surface area contributed by atoms with Gasteiger partial charge in [0.25, 0.3) is 0 Å². The van der Waals surface area contributed by atoms with E-state index >= 15 is 0 Å². The van der Waals surface area contributed by atoms with Crippen LogP contribution in [-0.2, 0) is 6.61 Å². The molecule has 2 rings (SSSR count). The highest BCUT2D eigenvalue weighted by Gasteiger charge is 2.06. The van der Waals surface area contributed by atoms with Crippen LogP contribution >= 0.6 is 11.6 Å². The Morgan fingerprint density at radius 3 is 2.75 bits per heavy atom. The molecule has 5 nitrogen and oxygen atoms in total. The molecule has 0 saturated carbocycles. The van der Waals surface area contributed by atoms with E-state index in [4.69, 9.17) is 26.7 Å². The Balaban J connectivity index is 2.05. The summed E-state index contributed by atoms with van der Waals surface area (Å²) < 4.78 is 5.47. The molecule has 1 heterocycles. The summed E-state index contributed by atoms with van der Waals surface area (Å²) in [4.78, 5) is 14.7. The van der Waals surface area contributed by atoms with Gasteiger partial charge in [-0.05, 0) is 30.3 Å². The Kier molecular flexibility index (Phi) is 4.18. The summed E-state index contributed by atoms with van der Waals surface area (Å²) in [6, 6.07) is 9.72. The van der Waals surface area contributed by atoms with E-state index in [-0.39, 0.29) is 12.2 Å². The number of nitriles is 1. The predicted molar refractivity (Wildman–Crippen MR) is 71.7 cm³/mol. The molecule has 1 N–H and O–H groups in total. The van der Waals surface area contributed by atoms with Gasteiger partial charge in [-0.2, -0.15) is 5.26 Å². The van der Waals surface area contributed by atoms with Crippen LogP contribution in [-0.4, -0.2) is 16.1 Å². The molecule has 0 radical (unpaired) electrons. The Bertz CT molecular complexity index is 678. The fourth-order valence-corrected chi connectivity index (χ4v) is 1.71. The average Bonchev–Trinajstić information content (AvgIpc) is 2.46. The lowest BCUT2D eigenvalue weighted by atomic mass is 10.2. The van der Waals surface area contributed by atoms with Crippen LogP contribution in [0.15, 0.2) is 36.5 Å². The van der Waals surface area contributed by atoms with Gasteiger partial charge in [-0.25, -0.2) is 4.79 Å². The zero-order valence-electron chi connectivity index (χ0n) is 10.2. The van der Waals surface area contributed by atoms with Crippen molar-refractivity contribution in [1.82, 2.24) is 4.98 Å². The predicted octanol–water partition coefficient (Wildman–Crippen LogP) is 2.88. The molecule has 0 bridgehead atoms. The lowest BCUT2D eigenvalue weighted by molar-refractivity contribution is 0.0696. The molecule has 1 aromatic heterocycles. The number of pyridine rings is 1. The van der Waals surface area contributed by atoms with Crippen LogP contribution in [0.3, 0.4) is 0 Å². The summed E-state index contributed by atoms with van der Waals surface area (Å²) in [5.41, 5.74) is 1.15. The molecule has 0 fully saturated rings. The Labute approximate surface area is 120 Å². The third-order valence-corrected chi connectivity index (χ3v) is 2.80. The van der Waals surface area contributed by atoms with Crippen molar-refractivity contribution in [1.29, 1.82) is 5.26 Å². The zero-order valence-corrected chi connectivity index (χ0v) is 11.0. The largest absolute Gasteiger partial charge is 0.486 e. The number of ether oxygens (including phenoxy) is 1. The highest BCUT2D eigenvalue weighted by Crippen LogP contribution is 2.25. The number of carboxylic acids is 1. The first-order valence-electron chi connectivity index (χ1n) is 5.61. The van der Waals surface area contributed by atoms with Gasteiger partial charge in [-0.1, -0.05) is 11.6 Å². The first kappa shape index (κ1) is 13.8. The van der Waals surface area contributed by atoms with E-state index in [0.29, 0.717) is 22.0 Å². The molecule has 100 valence electrons. The van der Waals surface area contributed by atoms with E-state index in [0.717, 1.165) is 0 Å². The Morgan fingerprint density at radius 1 is 1.40 bits per heavy atom. The lowest BCUT2D eigenvalue weighted by Crippen LogP contribution is -2.02. The van der Waals surface area contributed by atoms with Gasteiger partial charge in [0.1, 0.15) is 12.4 Å². The van der Waals surface area contributed by atoms with Crippen LogP contribution in [0.2, 0.25) is 5.02 Å². The highest BCUT2D eigenvalue weighted by molar-refractivity contribution is 6.32. The van der Waals surface area contributed by atoms with Crippen molar-refractivity contribution >= 4 is 17.6 Å². The molecule has 6 heteroatoms. The van der Waals surface area contributed by atoms with Crippen LogP contribution in [0, 0.1) is 11.3 Å². The number of carboxylic acid groups (broad SMARTS) is 1. The minimum absolute atomic E-state index is 0.116. The number of halogens is 1. The van der Waals surface area contributed by atoms with Gasteiger partial charge >= 0.3 is 5.97 Å². The third-order valence-electron chi connectivity index (χ3n) is 2.51. The van der Waals surface area contributed by atoms with E-state index in [1.165, 1.54) is 18.3 Å².